The first-order valence-corrected chi connectivity index (χ1v) is 5.47. The van der Waals surface area contributed by atoms with Crippen LogP contribution in [0.2, 0.25) is 5.28 Å². The number of aromatic nitrogens is 2. The average Bonchev–Trinajstić information content (AvgIpc) is 2.61. The molecule has 0 aliphatic carbocycles. The predicted octanol–water partition coefficient (Wildman–Crippen LogP) is 1.97. The van der Waals surface area contributed by atoms with Crippen molar-refractivity contribution < 1.29 is 4.74 Å². The minimum absolute atomic E-state index is 0.274. The fourth-order valence-corrected chi connectivity index (χ4v) is 1.86. The maximum Gasteiger partial charge on any atom is 0.224 e. The molecule has 0 aromatic carbocycles. The van der Waals surface area contributed by atoms with Gasteiger partial charge in [0.25, 0.3) is 0 Å². The van der Waals surface area contributed by atoms with E-state index in [-0.39, 0.29) is 5.28 Å². The van der Waals surface area contributed by atoms with Crippen LogP contribution in [0.25, 0.3) is 0 Å². The number of halogens is 1. The highest BCUT2D eigenvalue weighted by molar-refractivity contribution is 6.28. The Kier molecular flexibility index (Phi) is 3.38. The van der Waals surface area contributed by atoms with Crippen molar-refractivity contribution in [1.82, 2.24) is 9.97 Å². The van der Waals surface area contributed by atoms with Gasteiger partial charge in [-0.25, -0.2) is 9.97 Å². The lowest BCUT2D eigenvalue weighted by Gasteiger charge is -2.14. The molecule has 1 aliphatic rings. The number of anilines is 1. The third-order valence-corrected chi connectivity index (χ3v) is 2.89. The highest BCUT2D eigenvalue weighted by Crippen LogP contribution is 2.20. The molecule has 1 aromatic heterocycles. The molecule has 2 atom stereocenters. The molecule has 0 amide bonds. The summed E-state index contributed by atoms with van der Waals surface area (Å²) in [7, 11) is 0. The summed E-state index contributed by atoms with van der Waals surface area (Å²) in [6.07, 6.45) is 3.08. The van der Waals surface area contributed by atoms with Crippen molar-refractivity contribution in [2.75, 3.05) is 18.5 Å². The monoisotopic (exact) mass is 227 g/mol. The van der Waals surface area contributed by atoms with E-state index >= 15 is 0 Å². The van der Waals surface area contributed by atoms with Crippen LogP contribution in [-0.4, -0.2) is 29.2 Å². The van der Waals surface area contributed by atoms with E-state index in [9.17, 15) is 0 Å². The lowest BCUT2D eigenvalue weighted by atomic mass is 10.0. The highest BCUT2D eigenvalue weighted by Gasteiger charge is 2.23. The van der Waals surface area contributed by atoms with Crippen LogP contribution in [0.15, 0.2) is 12.3 Å². The largest absolute Gasteiger partial charge is 0.378 e. The van der Waals surface area contributed by atoms with Gasteiger partial charge in [0, 0.05) is 25.3 Å². The van der Waals surface area contributed by atoms with Crippen LogP contribution in [-0.2, 0) is 4.74 Å². The van der Waals surface area contributed by atoms with Crippen molar-refractivity contribution in [2.45, 2.75) is 19.4 Å². The molecule has 2 heterocycles. The van der Waals surface area contributed by atoms with E-state index in [1.807, 2.05) is 6.07 Å². The fraction of sp³-hybridized carbons (Fsp3) is 0.600. The van der Waals surface area contributed by atoms with Gasteiger partial charge in [-0.15, -0.1) is 0 Å². The minimum Gasteiger partial charge on any atom is -0.378 e. The normalized spacial score (nSPS) is 25.5. The maximum absolute atomic E-state index is 5.68. The molecular formula is C10H14ClN3O. The Morgan fingerprint density at radius 2 is 2.53 bits per heavy atom. The van der Waals surface area contributed by atoms with Crippen LogP contribution in [0, 0.1) is 5.92 Å². The molecule has 0 bridgehead atoms. The number of nitrogens with one attached hydrogen (secondary N) is 1. The number of ether oxygens (including phenoxy) is 1. The van der Waals surface area contributed by atoms with Gasteiger partial charge < -0.3 is 10.1 Å². The number of nitrogens with zero attached hydrogens (tertiary/aromatic N) is 2. The molecule has 2 unspecified atom stereocenters. The molecule has 1 aliphatic heterocycles. The molecule has 1 saturated heterocycles. The summed E-state index contributed by atoms with van der Waals surface area (Å²) < 4.78 is 5.48. The summed E-state index contributed by atoms with van der Waals surface area (Å²) in [5.41, 5.74) is 0. The first-order valence-electron chi connectivity index (χ1n) is 5.10. The van der Waals surface area contributed by atoms with Crippen molar-refractivity contribution in [2.24, 2.45) is 5.92 Å². The molecule has 1 aromatic rings. The van der Waals surface area contributed by atoms with Crippen LogP contribution in [0.4, 0.5) is 5.82 Å². The van der Waals surface area contributed by atoms with Crippen molar-refractivity contribution in [1.29, 1.82) is 0 Å². The third kappa shape index (κ3) is 2.79. The molecule has 0 spiro atoms. The van der Waals surface area contributed by atoms with Crippen LogP contribution >= 0.6 is 11.6 Å². The maximum atomic E-state index is 5.68. The van der Waals surface area contributed by atoms with Crippen LogP contribution in [0.1, 0.15) is 13.3 Å². The van der Waals surface area contributed by atoms with Gasteiger partial charge in [0.15, 0.2) is 0 Å². The number of rotatable bonds is 3. The van der Waals surface area contributed by atoms with E-state index in [1.54, 1.807) is 6.20 Å². The zero-order chi connectivity index (χ0) is 10.7. The molecule has 1 N–H and O–H groups in total. The second-order valence-electron chi connectivity index (χ2n) is 3.72. The van der Waals surface area contributed by atoms with E-state index in [2.05, 4.69) is 22.2 Å². The molecule has 0 saturated carbocycles. The standard InChI is InChI=1S/C10H14ClN3O/c1-7-8(3-5-15-7)6-13-9-2-4-12-10(11)14-9/h2,4,7-8H,3,5-6H2,1H3,(H,12,13,14). The minimum atomic E-state index is 0.274. The molecule has 82 valence electrons. The lowest BCUT2D eigenvalue weighted by molar-refractivity contribution is 0.108. The zero-order valence-electron chi connectivity index (χ0n) is 8.61. The summed E-state index contributed by atoms with van der Waals surface area (Å²) >= 11 is 5.68. The SMILES string of the molecule is CC1OCCC1CNc1ccnc(Cl)n1. The highest BCUT2D eigenvalue weighted by atomic mass is 35.5. The molecule has 4 nitrogen and oxygen atoms in total. The lowest BCUT2D eigenvalue weighted by Crippen LogP contribution is -2.21. The Morgan fingerprint density at radius 1 is 1.67 bits per heavy atom. The fourth-order valence-electron chi connectivity index (χ4n) is 1.71. The van der Waals surface area contributed by atoms with Crippen molar-refractivity contribution in [3.05, 3.63) is 17.5 Å². The quantitative estimate of drug-likeness (QED) is 0.802. The van der Waals surface area contributed by atoms with Gasteiger partial charge >= 0.3 is 0 Å². The first kappa shape index (κ1) is 10.6. The number of hydrogen-bond acceptors (Lipinski definition) is 4. The molecule has 2 rings (SSSR count). The third-order valence-electron chi connectivity index (χ3n) is 2.70. The van der Waals surface area contributed by atoms with Crippen LogP contribution in [0.5, 0.6) is 0 Å². The second-order valence-corrected chi connectivity index (χ2v) is 4.05. The molecule has 5 heteroatoms. The molecular weight excluding hydrogens is 214 g/mol. The summed E-state index contributed by atoms with van der Waals surface area (Å²) in [6.45, 7) is 3.83. The van der Waals surface area contributed by atoms with E-state index in [0.717, 1.165) is 25.4 Å². The van der Waals surface area contributed by atoms with Crippen molar-refractivity contribution in [3.8, 4) is 0 Å². The van der Waals surface area contributed by atoms with Crippen LogP contribution < -0.4 is 5.32 Å². The van der Waals surface area contributed by atoms with E-state index in [0.29, 0.717) is 12.0 Å². The van der Waals surface area contributed by atoms with Gasteiger partial charge in [0.1, 0.15) is 5.82 Å². The Bertz CT molecular complexity index is 334. The summed E-state index contributed by atoms with van der Waals surface area (Å²) in [5, 5.41) is 3.52. The predicted molar refractivity (Wildman–Crippen MR) is 59.1 cm³/mol. The Balaban J connectivity index is 1.87. The van der Waals surface area contributed by atoms with Gasteiger partial charge in [-0.3, -0.25) is 0 Å². The summed E-state index contributed by atoms with van der Waals surface area (Å²) in [5.74, 6) is 1.33. The summed E-state index contributed by atoms with van der Waals surface area (Å²) in [4.78, 5) is 7.89. The molecule has 1 fully saturated rings. The Hall–Kier alpha value is -0.870. The average molecular weight is 228 g/mol. The van der Waals surface area contributed by atoms with Gasteiger partial charge in [-0.05, 0) is 31.0 Å². The van der Waals surface area contributed by atoms with Crippen molar-refractivity contribution >= 4 is 17.4 Å². The zero-order valence-corrected chi connectivity index (χ0v) is 9.37. The van der Waals surface area contributed by atoms with Crippen molar-refractivity contribution in [3.63, 3.8) is 0 Å². The Morgan fingerprint density at radius 3 is 3.20 bits per heavy atom. The molecule has 15 heavy (non-hydrogen) atoms. The first-order chi connectivity index (χ1) is 7.25. The van der Waals surface area contributed by atoms with Gasteiger partial charge in [0.2, 0.25) is 5.28 Å². The second kappa shape index (κ2) is 4.77. The summed E-state index contributed by atoms with van der Waals surface area (Å²) in [6, 6.07) is 1.81. The van der Waals surface area contributed by atoms with Gasteiger partial charge in [0.05, 0.1) is 6.10 Å². The van der Waals surface area contributed by atoms with Gasteiger partial charge in [-0.2, -0.15) is 0 Å². The Labute approximate surface area is 94.0 Å². The smallest absolute Gasteiger partial charge is 0.224 e. The van der Waals surface area contributed by atoms with Crippen LogP contribution in [0.3, 0.4) is 0 Å². The van der Waals surface area contributed by atoms with E-state index in [1.165, 1.54) is 0 Å². The number of hydrogen-bond donors (Lipinski definition) is 1. The molecule has 0 radical (unpaired) electrons. The van der Waals surface area contributed by atoms with E-state index in [4.69, 9.17) is 16.3 Å². The topological polar surface area (TPSA) is 47.0 Å². The van der Waals surface area contributed by atoms with E-state index < -0.39 is 0 Å². The van der Waals surface area contributed by atoms with Gasteiger partial charge in [-0.1, -0.05) is 0 Å².